The molecule has 4 aromatic rings. The number of halogens is 2. The van der Waals surface area contributed by atoms with Gasteiger partial charge in [-0.15, -0.1) is 0 Å². The Kier molecular flexibility index (Phi) is 4.68. The van der Waals surface area contributed by atoms with Crippen LogP contribution in [-0.4, -0.2) is 25.4 Å². The third-order valence-electron chi connectivity index (χ3n) is 6.80. The van der Waals surface area contributed by atoms with Gasteiger partial charge in [0.15, 0.2) is 11.1 Å². The summed E-state index contributed by atoms with van der Waals surface area (Å²) >= 11 is 0. The molecule has 0 saturated heterocycles. The Balaban J connectivity index is 1.49. The molecule has 1 saturated carbocycles. The number of nitrogens with one attached hydrogen (secondary N) is 3. The summed E-state index contributed by atoms with van der Waals surface area (Å²) in [5.74, 6) is -1.52. The first-order valence-electron chi connectivity index (χ1n) is 11.5. The molecule has 0 unspecified atom stereocenters. The maximum Gasteiger partial charge on any atom is 0.270 e. The van der Waals surface area contributed by atoms with E-state index in [1.807, 2.05) is 35.0 Å². The third kappa shape index (κ3) is 3.43. The first kappa shape index (κ1) is 20.8. The van der Waals surface area contributed by atoms with E-state index in [0.717, 1.165) is 37.4 Å². The standard InChI is InChI=1S/C25H25F2N7/c1-25(26,27)16-12-10-15(11-13-16)14-33-22(29-17-6-3-2-4-7-17)20-21(28)31-24-30-18-8-5-9-19(18)34(24)23(20)32-33/h2-4,6-7,10-13,18-19,29H,5,8-9,14H2,1H3,(H2,28,30,31)/t18-,19+/m1/s1. The maximum atomic E-state index is 13.7. The van der Waals surface area contributed by atoms with Crippen molar-refractivity contribution in [2.24, 2.45) is 0 Å². The minimum atomic E-state index is -2.88. The highest BCUT2D eigenvalue weighted by Crippen LogP contribution is 2.41. The zero-order valence-corrected chi connectivity index (χ0v) is 18.7. The summed E-state index contributed by atoms with van der Waals surface area (Å²) in [4.78, 5) is 4.57. The number of anilines is 3. The second-order valence-corrected chi connectivity index (χ2v) is 9.18. The van der Waals surface area contributed by atoms with Gasteiger partial charge in [0, 0.05) is 24.2 Å². The van der Waals surface area contributed by atoms with E-state index in [0.29, 0.717) is 35.4 Å². The largest absolute Gasteiger partial charge is 0.351 e. The predicted octanol–water partition coefficient (Wildman–Crippen LogP) is 5.13. The van der Waals surface area contributed by atoms with Crippen LogP contribution in [0.3, 0.4) is 0 Å². The summed E-state index contributed by atoms with van der Waals surface area (Å²) in [5, 5.41) is 21.2. The number of benzene rings is 2. The third-order valence-corrected chi connectivity index (χ3v) is 6.80. The molecule has 7 nitrogen and oxygen atoms in total. The normalized spacial score (nSPS) is 19.1. The van der Waals surface area contributed by atoms with Crippen LogP contribution in [0.4, 0.5) is 26.2 Å². The molecule has 174 valence electrons. The van der Waals surface area contributed by atoms with Crippen molar-refractivity contribution in [3.8, 4) is 0 Å². The Morgan fingerprint density at radius 2 is 1.88 bits per heavy atom. The summed E-state index contributed by atoms with van der Waals surface area (Å²) in [5.41, 5.74) is 2.56. The number of hydrogen-bond acceptors (Lipinski definition) is 5. The number of hydrogen-bond donors (Lipinski definition) is 3. The molecule has 3 heterocycles. The number of nitrogens with zero attached hydrogens (tertiary/aromatic N) is 4. The highest BCUT2D eigenvalue weighted by molar-refractivity contribution is 5.90. The summed E-state index contributed by atoms with van der Waals surface area (Å²) in [6.07, 6.45) is 3.26. The minimum absolute atomic E-state index is 0.0196. The molecule has 2 aromatic carbocycles. The Morgan fingerprint density at radius 1 is 1.12 bits per heavy atom. The van der Waals surface area contributed by atoms with E-state index in [2.05, 4.69) is 20.2 Å². The molecular formula is C25H25F2N7. The Hall–Kier alpha value is -3.75. The van der Waals surface area contributed by atoms with Gasteiger partial charge in [0.25, 0.3) is 5.92 Å². The summed E-state index contributed by atoms with van der Waals surface area (Å²) in [7, 11) is 0. The average molecular weight is 462 g/mol. The summed E-state index contributed by atoms with van der Waals surface area (Å²) in [6, 6.07) is 16.6. The fourth-order valence-corrected chi connectivity index (χ4v) is 5.13. The molecule has 0 spiro atoms. The van der Waals surface area contributed by atoms with Gasteiger partial charge in [-0.2, -0.15) is 10.1 Å². The fraction of sp³-hybridized carbons (Fsp3) is 0.320. The second-order valence-electron chi connectivity index (χ2n) is 9.18. The topological polar surface area (TPSA) is 83.6 Å². The molecule has 0 amide bonds. The smallest absolute Gasteiger partial charge is 0.270 e. The highest BCUT2D eigenvalue weighted by Gasteiger charge is 2.38. The Bertz CT molecular complexity index is 1420. The molecule has 2 aliphatic rings. The number of alkyl halides is 2. The van der Waals surface area contributed by atoms with Crippen LogP contribution in [0.15, 0.2) is 54.6 Å². The van der Waals surface area contributed by atoms with Crippen molar-refractivity contribution in [2.75, 3.05) is 10.6 Å². The van der Waals surface area contributed by atoms with Gasteiger partial charge in [-0.25, -0.2) is 13.5 Å². The van der Waals surface area contributed by atoms with E-state index < -0.39 is 5.92 Å². The van der Waals surface area contributed by atoms with Crippen LogP contribution in [0.5, 0.6) is 0 Å². The van der Waals surface area contributed by atoms with Gasteiger partial charge in [-0.1, -0.05) is 42.5 Å². The molecule has 6 rings (SSSR count). The zero-order valence-electron chi connectivity index (χ0n) is 18.7. The minimum Gasteiger partial charge on any atom is -0.351 e. The lowest BCUT2D eigenvalue weighted by molar-refractivity contribution is 0.0174. The van der Waals surface area contributed by atoms with Gasteiger partial charge in [0.05, 0.1) is 12.6 Å². The van der Waals surface area contributed by atoms with Crippen LogP contribution in [0.1, 0.15) is 43.4 Å². The van der Waals surface area contributed by atoms with E-state index in [1.165, 1.54) is 12.1 Å². The molecule has 1 aliphatic carbocycles. The first-order chi connectivity index (χ1) is 16.4. The van der Waals surface area contributed by atoms with Crippen LogP contribution in [-0.2, 0) is 12.5 Å². The molecule has 1 fully saturated rings. The fourth-order valence-electron chi connectivity index (χ4n) is 5.13. The predicted molar refractivity (Wildman–Crippen MR) is 127 cm³/mol. The van der Waals surface area contributed by atoms with Crippen molar-refractivity contribution < 1.29 is 8.78 Å². The summed E-state index contributed by atoms with van der Waals surface area (Å²) < 4.78 is 31.3. The lowest BCUT2D eigenvalue weighted by atomic mass is 10.1. The van der Waals surface area contributed by atoms with Gasteiger partial charge in [0.1, 0.15) is 11.2 Å². The molecule has 9 heteroatoms. The monoisotopic (exact) mass is 461 g/mol. The first-order valence-corrected chi connectivity index (χ1v) is 11.5. The second kappa shape index (κ2) is 7.65. The Morgan fingerprint density at radius 3 is 2.62 bits per heavy atom. The van der Waals surface area contributed by atoms with Crippen LogP contribution in [0.2, 0.25) is 0 Å². The van der Waals surface area contributed by atoms with Crippen molar-refractivity contribution in [1.29, 1.82) is 5.41 Å². The molecule has 1 aliphatic heterocycles. The van der Waals surface area contributed by atoms with Crippen molar-refractivity contribution >= 4 is 28.5 Å². The van der Waals surface area contributed by atoms with Gasteiger partial charge >= 0.3 is 0 Å². The lowest BCUT2D eigenvalue weighted by Gasteiger charge is -2.13. The molecule has 2 aromatic heterocycles. The van der Waals surface area contributed by atoms with Crippen molar-refractivity contribution in [3.63, 3.8) is 0 Å². The van der Waals surface area contributed by atoms with Gasteiger partial charge in [0.2, 0.25) is 5.95 Å². The molecule has 0 bridgehead atoms. The molecule has 3 N–H and O–H groups in total. The van der Waals surface area contributed by atoms with E-state index in [1.54, 1.807) is 12.1 Å². The number of fused-ring (bicyclic) bond motifs is 5. The lowest BCUT2D eigenvalue weighted by Crippen LogP contribution is -2.15. The van der Waals surface area contributed by atoms with E-state index in [9.17, 15) is 8.78 Å². The van der Waals surface area contributed by atoms with Gasteiger partial charge in [-0.3, -0.25) is 9.98 Å². The Labute approximate surface area is 195 Å². The van der Waals surface area contributed by atoms with E-state index >= 15 is 0 Å². The van der Waals surface area contributed by atoms with Crippen LogP contribution in [0, 0.1) is 5.41 Å². The van der Waals surface area contributed by atoms with E-state index in [4.69, 9.17) is 10.5 Å². The molecule has 34 heavy (non-hydrogen) atoms. The number of para-hydroxylation sites is 1. The van der Waals surface area contributed by atoms with Crippen molar-refractivity contribution in [2.45, 2.75) is 50.7 Å². The van der Waals surface area contributed by atoms with Gasteiger partial charge < -0.3 is 10.6 Å². The molecular weight excluding hydrogens is 436 g/mol. The molecule has 2 atom stereocenters. The van der Waals surface area contributed by atoms with Crippen LogP contribution in [0.25, 0.3) is 11.0 Å². The summed E-state index contributed by atoms with van der Waals surface area (Å²) in [6.45, 7) is 1.27. The SMILES string of the molecule is CC(F)(F)c1ccc(Cn2nc3c(c2Nc2ccccc2)c(=N)nc2n3[C@H]3CCC[C@H]3N2)cc1. The van der Waals surface area contributed by atoms with Crippen molar-refractivity contribution in [3.05, 3.63) is 71.2 Å². The van der Waals surface area contributed by atoms with Crippen LogP contribution < -0.4 is 16.1 Å². The maximum absolute atomic E-state index is 13.7. The van der Waals surface area contributed by atoms with Crippen LogP contribution >= 0.6 is 0 Å². The average Bonchev–Trinajstić information content (AvgIpc) is 3.48. The molecule has 0 radical (unpaired) electrons. The van der Waals surface area contributed by atoms with Crippen molar-refractivity contribution in [1.82, 2.24) is 19.3 Å². The highest BCUT2D eigenvalue weighted by atomic mass is 19.3. The number of aromatic nitrogens is 4. The zero-order chi connectivity index (χ0) is 23.4. The quantitative estimate of drug-likeness (QED) is 0.385. The number of rotatable bonds is 5. The van der Waals surface area contributed by atoms with E-state index in [-0.39, 0.29) is 17.1 Å². The van der Waals surface area contributed by atoms with Gasteiger partial charge in [-0.05, 0) is 37.0 Å².